The number of hydrogen-bond acceptors (Lipinski definition) is 6. The summed E-state index contributed by atoms with van der Waals surface area (Å²) in [5.74, 6) is -0.849. The van der Waals surface area contributed by atoms with Crippen molar-refractivity contribution in [1.82, 2.24) is 9.78 Å². The number of halogens is 5. The molecule has 2 amide bonds. The van der Waals surface area contributed by atoms with E-state index >= 15 is 0 Å². The first-order valence-electron chi connectivity index (χ1n) is 10.4. The van der Waals surface area contributed by atoms with Gasteiger partial charge in [-0.25, -0.2) is 9.59 Å². The largest absolute Gasteiger partial charge is 0.461 e. The molecule has 2 heterocycles. The molecule has 37 heavy (non-hydrogen) atoms. The first-order chi connectivity index (χ1) is 17.5. The zero-order chi connectivity index (χ0) is 26.9. The number of amides is 2. The van der Waals surface area contributed by atoms with Crippen LogP contribution >= 0.6 is 34.5 Å². The summed E-state index contributed by atoms with van der Waals surface area (Å²) in [5, 5.41) is 11.2. The number of carbonyl (C=O) groups excluding carboxylic acids is 2. The van der Waals surface area contributed by atoms with Gasteiger partial charge in [-0.05, 0) is 49.4 Å². The lowest BCUT2D eigenvalue weighted by Gasteiger charge is -2.11. The van der Waals surface area contributed by atoms with Crippen LogP contribution in [0.5, 0.6) is 0 Å². The molecule has 0 spiro atoms. The summed E-state index contributed by atoms with van der Waals surface area (Å²) >= 11 is 12.8. The van der Waals surface area contributed by atoms with Gasteiger partial charge in [0.15, 0.2) is 5.69 Å². The fraction of sp³-hybridized carbons (Fsp3) is 0.130. The highest BCUT2D eigenvalue weighted by molar-refractivity contribution is 7.16. The van der Waals surface area contributed by atoms with Crippen LogP contribution in [0, 0.1) is 0 Å². The Morgan fingerprint density at radius 1 is 1.08 bits per heavy atom. The lowest BCUT2D eigenvalue weighted by molar-refractivity contribution is -0.137. The van der Waals surface area contributed by atoms with Gasteiger partial charge in [0, 0.05) is 16.5 Å². The van der Waals surface area contributed by atoms with Crippen molar-refractivity contribution in [3.8, 4) is 5.69 Å². The zero-order valence-electron chi connectivity index (χ0n) is 18.7. The number of benzene rings is 2. The molecule has 4 aromatic rings. The number of esters is 1. The number of fused-ring (bicyclic) bond motifs is 1. The SMILES string of the molecule is CCOC(=O)c1nn(-c2ccc(C(F)(F)F)cc2)c(=O)c2c(NC(=O)Nc3ccc(Cl)c(Cl)c3)scc12. The lowest BCUT2D eigenvalue weighted by atomic mass is 10.2. The number of hydrogen-bond donors (Lipinski definition) is 2. The summed E-state index contributed by atoms with van der Waals surface area (Å²) in [6, 6.07) is 7.38. The van der Waals surface area contributed by atoms with Gasteiger partial charge in [-0.3, -0.25) is 10.1 Å². The fourth-order valence-electron chi connectivity index (χ4n) is 3.30. The van der Waals surface area contributed by atoms with Crippen LogP contribution in [0.4, 0.5) is 28.7 Å². The van der Waals surface area contributed by atoms with Crippen LogP contribution in [0.3, 0.4) is 0 Å². The molecule has 0 unspecified atom stereocenters. The molecule has 0 atom stereocenters. The molecular formula is C23H15Cl2F3N4O4S. The molecule has 2 aromatic heterocycles. The van der Waals surface area contributed by atoms with Crippen molar-refractivity contribution in [2.45, 2.75) is 13.1 Å². The predicted octanol–water partition coefficient (Wildman–Crippen LogP) is 6.59. The number of rotatable bonds is 5. The number of thiophene rings is 1. The van der Waals surface area contributed by atoms with Gasteiger partial charge in [-0.1, -0.05) is 23.2 Å². The fourth-order valence-corrected chi connectivity index (χ4v) is 4.53. The highest BCUT2D eigenvalue weighted by atomic mass is 35.5. The van der Waals surface area contributed by atoms with E-state index in [1.807, 2.05) is 0 Å². The molecule has 4 rings (SSSR count). The van der Waals surface area contributed by atoms with E-state index < -0.39 is 29.3 Å². The second kappa shape index (κ2) is 10.4. The molecule has 8 nitrogen and oxygen atoms in total. The van der Waals surface area contributed by atoms with E-state index in [2.05, 4.69) is 15.7 Å². The normalized spacial score (nSPS) is 11.4. The van der Waals surface area contributed by atoms with Crippen LogP contribution in [0.2, 0.25) is 10.0 Å². The molecule has 2 N–H and O–H groups in total. The van der Waals surface area contributed by atoms with Gasteiger partial charge < -0.3 is 10.1 Å². The van der Waals surface area contributed by atoms with E-state index in [0.29, 0.717) is 10.7 Å². The number of ether oxygens (including phenoxy) is 1. The first-order valence-corrected chi connectivity index (χ1v) is 12.1. The molecule has 2 aromatic carbocycles. The summed E-state index contributed by atoms with van der Waals surface area (Å²) in [6.07, 6.45) is -4.58. The van der Waals surface area contributed by atoms with E-state index in [1.54, 1.807) is 6.92 Å². The van der Waals surface area contributed by atoms with E-state index in [1.165, 1.54) is 23.6 Å². The Labute approximate surface area is 220 Å². The van der Waals surface area contributed by atoms with Crippen LogP contribution in [0.1, 0.15) is 23.0 Å². The number of nitrogens with one attached hydrogen (secondary N) is 2. The van der Waals surface area contributed by atoms with Crippen molar-refractivity contribution in [2.24, 2.45) is 0 Å². The van der Waals surface area contributed by atoms with Gasteiger partial charge in [-0.15, -0.1) is 11.3 Å². The third-order valence-electron chi connectivity index (χ3n) is 4.96. The molecule has 0 aliphatic carbocycles. The number of aromatic nitrogens is 2. The predicted molar refractivity (Wildman–Crippen MR) is 135 cm³/mol. The summed E-state index contributed by atoms with van der Waals surface area (Å²) in [6.45, 7) is 1.59. The van der Waals surface area contributed by atoms with Crippen LogP contribution in [0.15, 0.2) is 52.6 Å². The Hall–Kier alpha value is -3.61. The number of alkyl halides is 3. The molecular weight excluding hydrogens is 556 g/mol. The van der Waals surface area contributed by atoms with Crippen molar-refractivity contribution in [2.75, 3.05) is 17.2 Å². The zero-order valence-corrected chi connectivity index (χ0v) is 21.0. The van der Waals surface area contributed by atoms with Crippen LogP contribution < -0.4 is 16.2 Å². The number of anilines is 2. The van der Waals surface area contributed by atoms with Gasteiger partial charge in [0.1, 0.15) is 5.00 Å². The molecule has 0 saturated carbocycles. The average Bonchev–Trinajstić information content (AvgIpc) is 3.25. The van der Waals surface area contributed by atoms with Crippen molar-refractivity contribution in [3.05, 3.63) is 79.5 Å². The molecule has 14 heteroatoms. The smallest absolute Gasteiger partial charge is 0.416 e. The summed E-state index contributed by atoms with van der Waals surface area (Å²) < 4.78 is 44.8. The van der Waals surface area contributed by atoms with Crippen molar-refractivity contribution < 1.29 is 27.5 Å². The number of carbonyl (C=O) groups is 2. The van der Waals surface area contributed by atoms with Gasteiger partial charge in [0.05, 0.1) is 33.3 Å². The molecule has 0 fully saturated rings. The van der Waals surface area contributed by atoms with Crippen molar-refractivity contribution >= 4 is 68.0 Å². The number of nitrogens with zero attached hydrogens (tertiary/aromatic N) is 2. The minimum atomic E-state index is -4.58. The Balaban J connectivity index is 1.78. The van der Waals surface area contributed by atoms with Crippen LogP contribution in [0.25, 0.3) is 16.5 Å². The van der Waals surface area contributed by atoms with Crippen LogP contribution in [-0.4, -0.2) is 28.4 Å². The Morgan fingerprint density at radius 3 is 2.41 bits per heavy atom. The Kier molecular flexibility index (Phi) is 7.44. The third-order valence-corrected chi connectivity index (χ3v) is 6.60. The quantitative estimate of drug-likeness (QED) is 0.263. The van der Waals surface area contributed by atoms with Gasteiger partial charge in [0.25, 0.3) is 5.56 Å². The first kappa shape index (κ1) is 26.5. The molecule has 192 valence electrons. The van der Waals surface area contributed by atoms with Gasteiger partial charge in [-0.2, -0.15) is 23.0 Å². The maximum absolute atomic E-state index is 13.4. The molecule has 0 bridgehead atoms. The van der Waals surface area contributed by atoms with Gasteiger partial charge >= 0.3 is 18.2 Å². The Morgan fingerprint density at radius 2 is 1.78 bits per heavy atom. The maximum atomic E-state index is 13.4. The monoisotopic (exact) mass is 570 g/mol. The topological polar surface area (TPSA) is 102 Å². The van der Waals surface area contributed by atoms with E-state index in [9.17, 15) is 27.6 Å². The molecule has 0 saturated heterocycles. The van der Waals surface area contributed by atoms with Crippen molar-refractivity contribution in [3.63, 3.8) is 0 Å². The minimum absolute atomic E-state index is 0.0166. The summed E-state index contributed by atoms with van der Waals surface area (Å²) in [7, 11) is 0. The number of urea groups is 1. The second-order valence-corrected chi connectivity index (χ2v) is 9.09. The molecule has 0 aliphatic heterocycles. The molecule has 0 radical (unpaired) electrons. The Bertz CT molecular complexity index is 1570. The van der Waals surface area contributed by atoms with Gasteiger partial charge in [0.2, 0.25) is 0 Å². The lowest BCUT2D eigenvalue weighted by Crippen LogP contribution is -2.26. The highest BCUT2D eigenvalue weighted by Crippen LogP contribution is 2.32. The standard InChI is InChI=1S/C23H15Cl2F3N4O4S/c1-2-36-21(34)18-14-10-37-19(30-22(35)29-12-5-8-15(24)16(25)9-12)17(14)20(33)32(31-18)13-6-3-11(4-7-13)23(26,27)28/h3-10H,2H2,1H3,(H2,29,30,35). The average molecular weight is 571 g/mol. The minimum Gasteiger partial charge on any atom is -0.461 e. The highest BCUT2D eigenvalue weighted by Gasteiger charge is 2.30. The van der Waals surface area contributed by atoms with Crippen LogP contribution in [-0.2, 0) is 10.9 Å². The van der Waals surface area contributed by atoms with E-state index in [4.69, 9.17) is 27.9 Å². The van der Waals surface area contributed by atoms with Crippen molar-refractivity contribution in [1.29, 1.82) is 0 Å². The molecule has 0 aliphatic rings. The third kappa shape index (κ3) is 5.55. The van der Waals surface area contributed by atoms with E-state index in [-0.39, 0.29) is 38.8 Å². The van der Waals surface area contributed by atoms with E-state index in [0.717, 1.165) is 40.3 Å². The summed E-state index contributed by atoms with van der Waals surface area (Å²) in [5.41, 5.74) is -1.64. The summed E-state index contributed by atoms with van der Waals surface area (Å²) in [4.78, 5) is 38.6. The second-order valence-electron chi connectivity index (χ2n) is 7.39. The maximum Gasteiger partial charge on any atom is 0.416 e.